The molecule has 0 aromatic carbocycles. The molecule has 2 aromatic heterocycles. The van der Waals surface area contributed by atoms with Gasteiger partial charge in [-0.1, -0.05) is 25.0 Å². The molecule has 1 aliphatic carbocycles. The Bertz CT molecular complexity index is 670. The van der Waals surface area contributed by atoms with Crippen molar-refractivity contribution < 1.29 is 0 Å². The van der Waals surface area contributed by atoms with Gasteiger partial charge in [-0.25, -0.2) is 9.36 Å². The largest absolute Gasteiger partial charge is 0.312 e. The quantitative estimate of drug-likeness (QED) is 0.877. The molecule has 2 aromatic rings. The lowest BCUT2D eigenvalue weighted by Crippen LogP contribution is -2.42. The molecule has 1 N–H and O–H groups in total. The molecule has 0 radical (unpaired) electrons. The van der Waals surface area contributed by atoms with Crippen LogP contribution in [-0.2, 0) is 13.6 Å². The number of rotatable bonds is 5. The highest BCUT2D eigenvalue weighted by Gasteiger charge is 2.25. The summed E-state index contributed by atoms with van der Waals surface area (Å²) in [6.07, 6.45) is 6.61. The van der Waals surface area contributed by atoms with Crippen LogP contribution in [-0.4, -0.2) is 37.4 Å². The fourth-order valence-electron chi connectivity index (χ4n) is 3.28. The van der Waals surface area contributed by atoms with Crippen LogP contribution in [0.3, 0.4) is 0 Å². The van der Waals surface area contributed by atoms with Gasteiger partial charge in [-0.2, -0.15) is 5.10 Å². The monoisotopic (exact) mass is 290 g/mol. The molecule has 1 saturated carbocycles. The van der Waals surface area contributed by atoms with E-state index >= 15 is 0 Å². The predicted molar refractivity (Wildman–Crippen MR) is 80.0 cm³/mol. The van der Waals surface area contributed by atoms with Crippen LogP contribution in [0.15, 0.2) is 11.0 Å². The Morgan fingerprint density at radius 1 is 1.43 bits per heavy atom. The van der Waals surface area contributed by atoms with Crippen LogP contribution in [0.5, 0.6) is 0 Å². The van der Waals surface area contributed by atoms with Crippen molar-refractivity contribution in [3.05, 3.63) is 16.6 Å². The predicted octanol–water partition coefficient (Wildman–Crippen LogP) is 0.693. The van der Waals surface area contributed by atoms with Gasteiger partial charge in [0.1, 0.15) is 5.39 Å². The first-order valence-corrected chi connectivity index (χ1v) is 7.69. The normalized spacial score (nSPS) is 17.6. The van der Waals surface area contributed by atoms with E-state index in [1.807, 2.05) is 0 Å². The number of nitrogens with zero attached hydrogens (tertiary/aromatic N) is 5. The number of aromatic nitrogens is 5. The number of hydrogen-bond acceptors (Lipinski definition) is 5. The van der Waals surface area contributed by atoms with Gasteiger partial charge in [0.2, 0.25) is 0 Å². The Morgan fingerprint density at radius 2 is 2.19 bits per heavy atom. The third-order valence-electron chi connectivity index (χ3n) is 4.42. The van der Waals surface area contributed by atoms with E-state index in [1.54, 1.807) is 17.9 Å². The van der Waals surface area contributed by atoms with Gasteiger partial charge in [0.05, 0.1) is 12.7 Å². The molecule has 7 heteroatoms. The van der Waals surface area contributed by atoms with Crippen LogP contribution in [0.25, 0.3) is 11.0 Å². The minimum Gasteiger partial charge on any atom is -0.312 e. The van der Waals surface area contributed by atoms with Crippen molar-refractivity contribution in [3.63, 3.8) is 0 Å². The molecule has 0 aliphatic heterocycles. The van der Waals surface area contributed by atoms with E-state index in [-0.39, 0.29) is 5.56 Å². The molecule has 1 unspecified atom stereocenters. The lowest BCUT2D eigenvalue weighted by atomic mass is 9.98. The summed E-state index contributed by atoms with van der Waals surface area (Å²) in [5.74, 6) is 0.628. The zero-order valence-corrected chi connectivity index (χ0v) is 12.6. The lowest BCUT2D eigenvalue weighted by Gasteiger charge is -2.24. The van der Waals surface area contributed by atoms with Gasteiger partial charge in [-0.3, -0.25) is 4.79 Å². The summed E-state index contributed by atoms with van der Waals surface area (Å²) in [5, 5.41) is 16.3. The smallest absolute Gasteiger partial charge is 0.280 e. The first-order valence-electron chi connectivity index (χ1n) is 7.69. The lowest BCUT2D eigenvalue weighted by molar-refractivity contribution is 0.308. The molecule has 1 atom stereocenters. The Morgan fingerprint density at radius 3 is 2.90 bits per heavy atom. The first kappa shape index (κ1) is 14.2. The highest BCUT2D eigenvalue weighted by molar-refractivity contribution is 5.72. The van der Waals surface area contributed by atoms with Gasteiger partial charge in [-0.15, -0.1) is 5.10 Å². The number of nitrogens with one attached hydrogen (secondary N) is 1. The van der Waals surface area contributed by atoms with Crippen molar-refractivity contribution in [2.24, 2.45) is 13.0 Å². The molecule has 3 rings (SSSR count). The van der Waals surface area contributed by atoms with E-state index in [4.69, 9.17) is 0 Å². The maximum Gasteiger partial charge on any atom is 0.280 e. The van der Waals surface area contributed by atoms with Gasteiger partial charge < -0.3 is 5.32 Å². The van der Waals surface area contributed by atoms with E-state index in [9.17, 15) is 4.79 Å². The molecule has 1 aliphatic rings. The second-order valence-electron chi connectivity index (χ2n) is 5.79. The fourth-order valence-corrected chi connectivity index (χ4v) is 3.28. The summed E-state index contributed by atoms with van der Waals surface area (Å²) >= 11 is 0. The third-order valence-corrected chi connectivity index (χ3v) is 4.42. The molecule has 0 amide bonds. The maximum atomic E-state index is 12.5. The Balaban J connectivity index is 1.88. The second kappa shape index (κ2) is 5.93. The highest BCUT2D eigenvalue weighted by atomic mass is 16.1. The standard InChI is InChI=1S/C14H22N6O/c1-3-15-12(10-6-4-5-7-10)9-20-14(21)11-8-16-19(2)13(11)17-18-20/h8,10,12,15H,3-7,9H2,1-2H3. The van der Waals surface area contributed by atoms with Crippen LogP contribution in [0.2, 0.25) is 0 Å². The molecule has 0 bridgehead atoms. The number of aryl methyl sites for hydroxylation is 1. The van der Waals surface area contributed by atoms with Gasteiger partial charge in [0.15, 0.2) is 5.65 Å². The molecule has 7 nitrogen and oxygen atoms in total. The number of likely N-dealkylation sites (N-methyl/N-ethyl adjacent to an activating group) is 1. The van der Waals surface area contributed by atoms with E-state index in [2.05, 4.69) is 27.7 Å². The zero-order chi connectivity index (χ0) is 14.8. The summed E-state index contributed by atoms with van der Waals surface area (Å²) in [6, 6.07) is 0.290. The summed E-state index contributed by atoms with van der Waals surface area (Å²) in [6.45, 7) is 3.58. The number of hydrogen-bond donors (Lipinski definition) is 1. The molecule has 2 heterocycles. The molecule has 1 fully saturated rings. The zero-order valence-electron chi connectivity index (χ0n) is 12.6. The fraction of sp³-hybridized carbons (Fsp3) is 0.714. The van der Waals surface area contributed by atoms with E-state index in [0.29, 0.717) is 29.5 Å². The molecule has 114 valence electrons. The minimum atomic E-state index is -0.103. The number of fused-ring (bicyclic) bond motifs is 1. The van der Waals surface area contributed by atoms with E-state index in [0.717, 1.165) is 6.54 Å². The second-order valence-corrected chi connectivity index (χ2v) is 5.79. The molecular weight excluding hydrogens is 268 g/mol. The van der Waals surface area contributed by atoms with Crippen LogP contribution in [0.1, 0.15) is 32.6 Å². The van der Waals surface area contributed by atoms with Crippen molar-refractivity contribution in [2.75, 3.05) is 6.54 Å². The Hall–Kier alpha value is -1.76. The molecule has 0 saturated heterocycles. The van der Waals surface area contributed by atoms with E-state index in [1.165, 1.54) is 30.4 Å². The van der Waals surface area contributed by atoms with Crippen molar-refractivity contribution in [1.29, 1.82) is 0 Å². The molecular formula is C14H22N6O. The summed E-state index contributed by atoms with van der Waals surface area (Å²) in [7, 11) is 1.76. The average Bonchev–Trinajstić information content (AvgIpc) is 3.12. The van der Waals surface area contributed by atoms with Crippen molar-refractivity contribution in [2.45, 2.75) is 45.2 Å². The van der Waals surface area contributed by atoms with Gasteiger partial charge in [0, 0.05) is 13.1 Å². The summed E-state index contributed by atoms with van der Waals surface area (Å²) in [5.41, 5.74) is 0.436. The summed E-state index contributed by atoms with van der Waals surface area (Å²) in [4.78, 5) is 12.5. The van der Waals surface area contributed by atoms with Crippen LogP contribution < -0.4 is 10.9 Å². The van der Waals surface area contributed by atoms with Crippen LogP contribution in [0, 0.1) is 5.92 Å². The first-order chi connectivity index (χ1) is 10.2. The highest BCUT2D eigenvalue weighted by Crippen LogP contribution is 2.28. The SMILES string of the molecule is CCNC(Cn1nnc2c(cnn2C)c1=O)C1CCCC1. The van der Waals surface area contributed by atoms with Crippen molar-refractivity contribution >= 4 is 11.0 Å². The third kappa shape index (κ3) is 2.70. The maximum absolute atomic E-state index is 12.5. The molecule has 0 spiro atoms. The van der Waals surface area contributed by atoms with Crippen LogP contribution >= 0.6 is 0 Å². The Kier molecular flexibility index (Phi) is 4.01. The van der Waals surface area contributed by atoms with Crippen molar-refractivity contribution in [3.8, 4) is 0 Å². The van der Waals surface area contributed by atoms with Crippen molar-refractivity contribution in [1.82, 2.24) is 30.1 Å². The van der Waals surface area contributed by atoms with Crippen LogP contribution in [0.4, 0.5) is 0 Å². The van der Waals surface area contributed by atoms with Gasteiger partial charge >= 0.3 is 0 Å². The Labute approximate surface area is 123 Å². The van der Waals surface area contributed by atoms with Gasteiger partial charge in [-0.05, 0) is 25.3 Å². The summed E-state index contributed by atoms with van der Waals surface area (Å²) < 4.78 is 3.06. The molecule has 21 heavy (non-hydrogen) atoms. The average molecular weight is 290 g/mol. The topological polar surface area (TPSA) is 77.6 Å². The van der Waals surface area contributed by atoms with E-state index < -0.39 is 0 Å². The van der Waals surface area contributed by atoms with Gasteiger partial charge in [0.25, 0.3) is 5.56 Å². The minimum absolute atomic E-state index is 0.103.